The third-order valence-corrected chi connectivity index (χ3v) is 4.92. The molecule has 3 aromatic rings. The van der Waals surface area contributed by atoms with E-state index < -0.39 is 23.4 Å². The molecular formula is C23H22F3N3O3. The summed E-state index contributed by atoms with van der Waals surface area (Å²) in [7, 11) is 1.48. The van der Waals surface area contributed by atoms with Crippen LogP contribution in [0.3, 0.4) is 0 Å². The lowest BCUT2D eigenvalue weighted by atomic mass is 10.1. The van der Waals surface area contributed by atoms with Crippen molar-refractivity contribution in [3.63, 3.8) is 0 Å². The number of carbonyl (C=O) groups is 2. The number of ether oxygens (including phenoxy) is 1. The number of nitrogens with zero attached hydrogens (tertiary/aromatic N) is 3. The zero-order valence-corrected chi connectivity index (χ0v) is 17.8. The van der Waals surface area contributed by atoms with Crippen LogP contribution in [0, 0.1) is 13.8 Å². The van der Waals surface area contributed by atoms with E-state index in [2.05, 4.69) is 5.10 Å². The maximum absolute atomic E-state index is 13.1. The van der Waals surface area contributed by atoms with Gasteiger partial charge in [0.25, 0.3) is 11.7 Å². The smallest absolute Gasteiger partial charge is 0.416 e. The van der Waals surface area contributed by atoms with E-state index in [0.29, 0.717) is 5.75 Å². The normalized spacial score (nSPS) is 11.3. The highest BCUT2D eigenvalue weighted by atomic mass is 19.4. The van der Waals surface area contributed by atoms with Gasteiger partial charge in [0.2, 0.25) is 0 Å². The van der Waals surface area contributed by atoms with E-state index in [9.17, 15) is 22.8 Å². The highest BCUT2D eigenvalue weighted by molar-refractivity contribution is 6.43. The number of rotatable bonds is 7. The maximum atomic E-state index is 13.1. The summed E-state index contributed by atoms with van der Waals surface area (Å²) in [4.78, 5) is 26.8. The van der Waals surface area contributed by atoms with Crippen LogP contribution < -0.4 is 4.74 Å². The van der Waals surface area contributed by atoms with Crippen molar-refractivity contribution in [2.24, 2.45) is 0 Å². The first-order valence-corrected chi connectivity index (χ1v) is 9.81. The van der Waals surface area contributed by atoms with Crippen molar-refractivity contribution < 1.29 is 27.5 Å². The van der Waals surface area contributed by atoms with E-state index in [1.165, 1.54) is 35.7 Å². The molecule has 0 bridgehead atoms. The standard InChI is InChI=1S/C23H22F3N3O3/c1-15-20(16(2)29(27-15)18-9-7-8-17(14-18)23(24,25)26)21(30)22(31)28(3)12-13-32-19-10-5-4-6-11-19/h4-11,14H,12-13H2,1-3H3. The second-order valence-corrected chi connectivity index (χ2v) is 7.22. The molecule has 0 aliphatic carbocycles. The molecule has 0 saturated carbocycles. The summed E-state index contributed by atoms with van der Waals surface area (Å²) in [6, 6.07) is 13.7. The van der Waals surface area contributed by atoms with Crippen LogP contribution >= 0.6 is 0 Å². The predicted octanol–water partition coefficient (Wildman–Crippen LogP) is 4.23. The van der Waals surface area contributed by atoms with Crippen molar-refractivity contribution >= 4 is 11.7 Å². The number of benzene rings is 2. The van der Waals surface area contributed by atoms with Crippen molar-refractivity contribution in [2.75, 3.05) is 20.2 Å². The molecule has 0 N–H and O–H groups in total. The fraction of sp³-hybridized carbons (Fsp3) is 0.261. The van der Waals surface area contributed by atoms with Gasteiger partial charge >= 0.3 is 6.18 Å². The van der Waals surface area contributed by atoms with Crippen molar-refractivity contribution in [2.45, 2.75) is 20.0 Å². The predicted molar refractivity (Wildman–Crippen MR) is 112 cm³/mol. The van der Waals surface area contributed by atoms with Gasteiger partial charge in [-0.15, -0.1) is 0 Å². The van der Waals surface area contributed by atoms with Crippen LogP contribution in [-0.4, -0.2) is 46.6 Å². The summed E-state index contributed by atoms with van der Waals surface area (Å²) in [5.74, 6) is -0.884. The molecule has 0 aliphatic rings. The number of hydrogen-bond donors (Lipinski definition) is 0. The van der Waals surface area contributed by atoms with E-state index in [0.717, 1.165) is 12.1 Å². The van der Waals surface area contributed by atoms with Crippen LogP contribution in [0.1, 0.15) is 27.3 Å². The average Bonchev–Trinajstić information content (AvgIpc) is 3.06. The molecule has 1 aromatic heterocycles. The third kappa shape index (κ3) is 4.99. The van der Waals surface area contributed by atoms with Gasteiger partial charge in [-0.05, 0) is 44.2 Å². The number of Topliss-reactive ketones (excluding diaryl/α,β-unsaturated/α-hetero) is 1. The Morgan fingerprint density at radius 2 is 1.75 bits per heavy atom. The first kappa shape index (κ1) is 23.1. The van der Waals surface area contributed by atoms with E-state index in [4.69, 9.17) is 4.74 Å². The summed E-state index contributed by atoms with van der Waals surface area (Å²) in [6.45, 7) is 3.45. The first-order chi connectivity index (χ1) is 15.1. The maximum Gasteiger partial charge on any atom is 0.416 e. The number of carbonyl (C=O) groups excluding carboxylic acids is 2. The highest BCUT2D eigenvalue weighted by Gasteiger charge is 2.31. The molecule has 32 heavy (non-hydrogen) atoms. The molecule has 1 heterocycles. The van der Waals surface area contributed by atoms with Crippen LogP contribution in [-0.2, 0) is 11.0 Å². The highest BCUT2D eigenvalue weighted by Crippen LogP contribution is 2.31. The number of likely N-dealkylation sites (N-methyl/N-ethyl adjacent to an activating group) is 1. The Labute approximate surface area is 183 Å². The molecule has 168 valence electrons. The van der Waals surface area contributed by atoms with E-state index in [1.807, 2.05) is 18.2 Å². The number of aryl methyl sites for hydroxylation is 1. The number of hydrogen-bond acceptors (Lipinski definition) is 4. The summed E-state index contributed by atoms with van der Waals surface area (Å²) < 4.78 is 46.0. The molecule has 3 rings (SSSR count). The van der Waals surface area contributed by atoms with Crippen LogP contribution in [0.25, 0.3) is 5.69 Å². The van der Waals surface area contributed by atoms with Gasteiger partial charge in [-0.3, -0.25) is 9.59 Å². The largest absolute Gasteiger partial charge is 0.492 e. The van der Waals surface area contributed by atoms with Crippen LogP contribution in [0.4, 0.5) is 13.2 Å². The molecule has 0 radical (unpaired) electrons. The lowest BCUT2D eigenvalue weighted by Gasteiger charge is -2.17. The Morgan fingerprint density at radius 3 is 2.41 bits per heavy atom. The molecule has 1 amide bonds. The van der Waals surface area contributed by atoms with Crippen molar-refractivity contribution in [3.05, 3.63) is 77.1 Å². The molecule has 6 nitrogen and oxygen atoms in total. The first-order valence-electron chi connectivity index (χ1n) is 9.81. The van der Waals surface area contributed by atoms with E-state index in [1.54, 1.807) is 19.1 Å². The van der Waals surface area contributed by atoms with Crippen LogP contribution in [0.15, 0.2) is 54.6 Å². The Balaban J connectivity index is 1.76. The number of alkyl halides is 3. The van der Waals surface area contributed by atoms with Gasteiger partial charge in [0.1, 0.15) is 12.4 Å². The molecule has 0 spiro atoms. The molecule has 0 saturated heterocycles. The number of amides is 1. The molecule has 9 heteroatoms. The Bertz CT molecular complexity index is 1120. The van der Waals surface area contributed by atoms with Gasteiger partial charge in [-0.2, -0.15) is 18.3 Å². The zero-order chi connectivity index (χ0) is 23.5. The quantitative estimate of drug-likeness (QED) is 0.403. The van der Waals surface area contributed by atoms with Gasteiger partial charge in [0, 0.05) is 7.05 Å². The monoisotopic (exact) mass is 445 g/mol. The molecule has 0 atom stereocenters. The lowest BCUT2D eigenvalue weighted by Crippen LogP contribution is -2.36. The third-order valence-electron chi connectivity index (χ3n) is 4.92. The minimum Gasteiger partial charge on any atom is -0.492 e. The topological polar surface area (TPSA) is 64.4 Å². The Hall–Kier alpha value is -3.62. The van der Waals surface area contributed by atoms with Gasteiger partial charge in [-0.25, -0.2) is 4.68 Å². The summed E-state index contributed by atoms with van der Waals surface area (Å²) >= 11 is 0. The van der Waals surface area contributed by atoms with Crippen molar-refractivity contribution in [1.29, 1.82) is 0 Å². The average molecular weight is 445 g/mol. The minimum atomic E-state index is -4.51. The number of para-hydroxylation sites is 1. The fourth-order valence-corrected chi connectivity index (χ4v) is 3.24. The summed E-state index contributed by atoms with van der Waals surface area (Å²) in [6.07, 6.45) is -4.51. The molecular weight excluding hydrogens is 423 g/mol. The molecule has 0 aliphatic heterocycles. The zero-order valence-electron chi connectivity index (χ0n) is 17.8. The van der Waals surface area contributed by atoms with E-state index >= 15 is 0 Å². The van der Waals surface area contributed by atoms with Gasteiger partial charge < -0.3 is 9.64 Å². The van der Waals surface area contributed by atoms with Gasteiger partial charge in [0.15, 0.2) is 0 Å². The Morgan fingerprint density at radius 1 is 1.06 bits per heavy atom. The van der Waals surface area contributed by atoms with Crippen LogP contribution in [0.5, 0.6) is 5.75 Å². The van der Waals surface area contributed by atoms with Crippen LogP contribution in [0.2, 0.25) is 0 Å². The Kier molecular flexibility index (Phi) is 6.67. The molecule has 0 fully saturated rings. The van der Waals surface area contributed by atoms with Gasteiger partial charge in [0.05, 0.1) is 34.7 Å². The summed E-state index contributed by atoms with van der Waals surface area (Å²) in [5.41, 5.74) is -0.0641. The van der Waals surface area contributed by atoms with Gasteiger partial charge in [-0.1, -0.05) is 24.3 Å². The van der Waals surface area contributed by atoms with Crippen molar-refractivity contribution in [1.82, 2.24) is 14.7 Å². The lowest BCUT2D eigenvalue weighted by molar-refractivity contribution is -0.137. The SMILES string of the molecule is Cc1nn(-c2cccc(C(F)(F)F)c2)c(C)c1C(=O)C(=O)N(C)CCOc1ccccc1. The number of aromatic nitrogens is 2. The summed E-state index contributed by atoms with van der Waals surface area (Å²) in [5, 5.41) is 4.20. The van der Waals surface area contributed by atoms with E-state index in [-0.39, 0.29) is 35.8 Å². The van der Waals surface area contributed by atoms with Crippen molar-refractivity contribution in [3.8, 4) is 11.4 Å². The molecule has 2 aromatic carbocycles. The number of ketones is 1. The molecule has 0 unspecified atom stereocenters. The second-order valence-electron chi connectivity index (χ2n) is 7.22. The number of halogens is 3. The fourth-order valence-electron chi connectivity index (χ4n) is 3.24. The second kappa shape index (κ2) is 9.25. The minimum absolute atomic E-state index is 0.0724.